The maximum atomic E-state index is 13.2. The lowest BCUT2D eigenvalue weighted by Crippen LogP contribution is -2.58. The second-order valence-corrected chi connectivity index (χ2v) is 15.2. The highest BCUT2D eigenvalue weighted by Crippen LogP contribution is 2.24. The molecule has 1 aliphatic heterocycles. The van der Waals surface area contributed by atoms with Crippen molar-refractivity contribution in [2.45, 2.75) is 143 Å². The third kappa shape index (κ3) is 14.6. The molecule has 0 aliphatic carbocycles. The summed E-state index contributed by atoms with van der Waals surface area (Å²) >= 11 is 11.2. The van der Waals surface area contributed by atoms with Gasteiger partial charge in [-0.1, -0.05) is 24.4 Å². The molecule has 1 amide bonds. The number of alkyl carbamates (subject to hydrolysis) is 1. The molecule has 0 aromatic rings. The lowest BCUT2D eigenvalue weighted by Gasteiger charge is -2.42. The number of ether oxygens (including phenoxy) is 4. The van der Waals surface area contributed by atoms with Gasteiger partial charge in [-0.3, -0.25) is 0 Å². The first kappa shape index (κ1) is 37.5. The number of nitrogens with one attached hydrogen (secondary N) is 2. The molecule has 0 radical (unpaired) electrons. The number of carbonyl (C=O) groups excluding carboxylic acids is 4. The molecule has 0 aromatic heterocycles. The first-order valence-corrected chi connectivity index (χ1v) is 14.8. The fourth-order valence-electron chi connectivity index (χ4n) is 3.61. The smallest absolute Gasteiger partial charge is 0.408 e. The van der Waals surface area contributed by atoms with Crippen molar-refractivity contribution in [1.29, 1.82) is 0 Å². The summed E-state index contributed by atoms with van der Waals surface area (Å²) in [6, 6.07) is -2.76. The Bertz CT molecular complexity index is 1040. The van der Waals surface area contributed by atoms with Gasteiger partial charge in [-0.15, -0.1) is 0 Å². The molecule has 0 saturated carbocycles. The largest absolute Gasteiger partial charge is 0.458 e. The SMILES string of the molecule is CC(C)(C)OC(=O)N[C@@H](CC(=S)N[C@@H](CC(=S)N1CCC1C(=O)OC(C)(C)C)C(=O)OC(C)(C)C)C(=O)OC(C)(C)C. The summed E-state index contributed by atoms with van der Waals surface area (Å²) in [5.74, 6) is -1.72. The first-order chi connectivity index (χ1) is 18.8. The Hall–Kier alpha value is -2.54. The van der Waals surface area contributed by atoms with Crippen molar-refractivity contribution >= 4 is 58.4 Å². The van der Waals surface area contributed by atoms with Crippen molar-refractivity contribution in [3.05, 3.63) is 0 Å². The van der Waals surface area contributed by atoms with Crippen molar-refractivity contribution in [3.63, 3.8) is 0 Å². The number of amides is 1. The molecule has 13 heteroatoms. The number of hydrogen-bond donors (Lipinski definition) is 2. The number of carbonyl (C=O) groups is 4. The fraction of sp³-hybridized carbons (Fsp3) is 0.793. The number of thiocarbonyl (C=S) groups is 2. The number of likely N-dealkylation sites (tertiary alicyclic amines) is 1. The molecular weight excluding hydrogens is 582 g/mol. The first-order valence-electron chi connectivity index (χ1n) is 14.0. The number of hydrogen-bond acceptors (Lipinski definition) is 10. The highest BCUT2D eigenvalue weighted by molar-refractivity contribution is 7.80. The summed E-state index contributed by atoms with van der Waals surface area (Å²) in [4.78, 5) is 53.5. The van der Waals surface area contributed by atoms with E-state index < -0.39 is 58.6 Å². The van der Waals surface area contributed by atoms with Crippen molar-refractivity contribution in [2.24, 2.45) is 0 Å². The predicted octanol–water partition coefficient (Wildman–Crippen LogP) is 4.37. The van der Waals surface area contributed by atoms with E-state index in [-0.39, 0.29) is 23.8 Å². The fourth-order valence-corrected chi connectivity index (χ4v) is 4.31. The van der Waals surface area contributed by atoms with E-state index in [9.17, 15) is 19.2 Å². The van der Waals surface area contributed by atoms with Gasteiger partial charge in [0.2, 0.25) is 0 Å². The zero-order valence-electron chi connectivity index (χ0n) is 27.1. The molecule has 3 atom stereocenters. The average Bonchev–Trinajstić information content (AvgIpc) is 2.66. The molecular formula is C29H49N3O8S2. The highest BCUT2D eigenvalue weighted by Gasteiger charge is 2.40. The number of nitrogens with zero attached hydrogens (tertiary/aromatic N) is 1. The van der Waals surface area contributed by atoms with Crippen molar-refractivity contribution in [1.82, 2.24) is 15.5 Å². The highest BCUT2D eigenvalue weighted by atomic mass is 32.1. The van der Waals surface area contributed by atoms with E-state index in [4.69, 9.17) is 43.4 Å². The minimum atomic E-state index is -1.20. The number of esters is 3. The van der Waals surface area contributed by atoms with E-state index in [1.165, 1.54) is 0 Å². The van der Waals surface area contributed by atoms with E-state index in [0.717, 1.165) is 0 Å². The third-order valence-corrected chi connectivity index (χ3v) is 5.88. The van der Waals surface area contributed by atoms with Gasteiger partial charge in [0.25, 0.3) is 0 Å². The zero-order chi connectivity index (χ0) is 32.8. The minimum absolute atomic E-state index is 0.000281. The molecule has 2 N–H and O–H groups in total. The molecule has 1 rings (SSSR count). The van der Waals surface area contributed by atoms with Gasteiger partial charge in [-0.25, -0.2) is 19.2 Å². The molecule has 1 saturated heterocycles. The Balaban J connectivity index is 3.11. The van der Waals surface area contributed by atoms with Crippen molar-refractivity contribution in [2.75, 3.05) is 6.54 Å². The van der Waals surface area contributed by atoms with Crippen LogP contribution in [-0.2, 0) is 33.3 Å². The van der Waals surface area contributed by atoms with Crippen LogP contribution in [0.5, 0.6) is 0 Å². The number of rotatable bonds is 9. The molecule has 0 bridgehead atoms. The van der Waals surface area contributed by atoms with Gasteiger partial charge in [0.1, 0.15) is 40.5 Å². The van der Waals surface area contributed by atoms with Crippen LogP contribution in [0.25, 0.3) is 0 Å². The van der Waals surface area contributed by atoms with E-state index in [1.807, 2.05) is 0 Å². The monoisotopic (exact) mass is 631 g/mol. The van der Waals surface area contributed by atoms with E-state index in [1.54, 1.807) is 88.0 Å². The second-order valence-electron chi connectivity index (χ2n) is 14.2. The summed E-state index contributed by atoms with van der Waals surface area (Å²) in [6.45, 7) is 21.3. The van der Waals surface area contributed by atoms with E-state index in [0.29, 0.717) is 18.0 Å². The Kier molecular flexibility index (Phi) is 12.8. The van der Waals surface area contributed by atoms with Crippen LogP contribution in [0.4, 0.5) is 4.79 Å². The summed E-state index contributed by atoms with van der Waals surface area (Å²) in [6.07, 6.45) is -0.427. The normalized spacial score (nSPS) is 17.1. The van der Waals surface area contributed by atoms with Crippen molar-refractivity contribution < 1.29 is 38.1 Å². The van der Waals surface area contributed by atoms with Gasteiger partial charge in [0.15, 0.2) is 0 Å². The molecule has 1 aliphatic rings. The standard InChI is InChI=1S/C29H49N3O8S2/c1-26(2,3)37-22(33)17(31-25(36)40-29(10,11)12)15-20(41)30-18(23(34)38-27(4,5)6)16-21(42)32-14-13-19(32)24(35)39-28(7,8)9/h17-19H,13-16H2,1-12H3,(H,30,41)(H,31,36)/t17-,18-,19?/m0/s1. The molecule has 240 valence electrons. The molecule has 0 aromatic carbocycles. The van der Waals surface area contributed by atoms with Gasteiger partial charge in [0, 0.05) is 19.4 Å². The third-order valence-electron chi connectivity index (χ3n) is 5.20. The summed E-state index contributed by atoms with van der Waals surface area (Å²) in [5, 5.41) is 5.47. The van der Waals surface area contributed by atoms with Crippen LogP contribution in [0.2, 0.25) is 0 Å². The Morgan fingerprint density at radius 3 is 1.50 bits per heavy atom. The van der Waals surface area contributed by atoms with E-state index >= 15 is 0 Å². The van der Waals surface area contributed by atoms with Gasteiger partial charge in [-0.05, 0) is 89.5 Å². The van der Waals surface area contributed by atoms with Crippen LogP contribution in [0.15, 0.2) is 0 Å². The van der Waals surface area contributed by atoms with Gasteiger partial charge in [0.05, 0.1) is 9.98 Å². The lowest BCUT2D eigenvalue weighted by atomic mass is 10.0. The topological polar surface area (TPSA) is 132 Å². The molecule has 1 heterocycles. The van der Waals surface area contributed by atoms with Crippen LogP contribution in [-0.4, -0.2) is 86.0 Å². The molecule has 1 fully saturated rings. The van der Waals surface area contributed by atoms with Crippen LogP contribution in [0.3, 0.4) is 0 Å². The Morgan fingerprint density at radius 1 is 0.690 bits per heavy atom. The van der Waals surface area contributed by atoms with E-state index in [2.05, 4.69) is 10.6 Å². The quantitative estimate of drug-likeness (QED) is 0.213. The van der Waals surface area contributed by atoms with Crippen LogP contribution in [0.1, 0.15) is 102 Å². The maximum absolute atomic E-state index is 13.2. The molecule has 42 heavy (non-hydrogen) atoms. The van der Waals surface area contributed by atoms with Crippen LogP contribution in [0, 0.1) is 0 Å². The lowest BCUT2D eigenvalue weighted by molar-refractivity contribution is -0.163. The van der Waals surface area contributed by atoms with Crippen molar-refractivity contribution in [3.8, 4) is 0 Å². The summed E-state index contributed by atoms with van der Waals surface area (Å²) in [7, 11) is 0. The maximum Gasteiger partial charge on any atom is 0.408 e. The second kappa shape index (κ2) is 14.3. The Morgan fingerprint density at radius 2 is 1.12 bits per heavy atom. The van der Waals surface area contributed by atoms with Gasteiger partial charge in [-0.2, -0.15) is 0 Å². The molecule has 0 spiro atoms. The van der Waals surface area contributed by atoms with Crippen LogP contribution < -0.4 is 10.6 Å². The molecule has 1 unspecified atom stereocenters. The minimum Gasteiger partial charge on any atom is -0.458 e. The predicted molar refractivity (Wildman–Crippen MR) is 167 cm³/mol. The Labute approximate surface area is 261 Å². The van der Waals surface area contributed by atoms with Gasteiger partial charge >= 0.3 is 24.0 Å². The summed E-state index contributed by atoms with van der Waals surface area (Å²) in [5.41, 5.74) is -3.07. The van der Waals surface area contributed by atoms with Gasteiger partial charge < -0.3 is 34.5 Å². The van der Waals surface area contributed by atoms with Crippen LogP contribution >= 0.6 is 24.4 Å². The summed E-state index contributed by atoms with van der Waals surface area (Å²) < 4.78 is 21.9. The average molecular weight is 632 g/mol. The molecule has 11 nitrogen and oxygen atoms in total. The zero-order valence-corrected chi connectivity index (χ0v) is 28.7.